The van der Waals surface area contributed by atoms with E-state index in [4.69, 9.17) is 0 Å². The molecule has 0 saturated heterocycles. The number of rotatable bonds is 1. The molecule has 0 amide bonds. The Morgan fingerprint density at radius 1 is 1.50 bits per heavy atom. The Kier molecular flexibility index (Phi) is 45.4. The van der Waals surface area contributed by atoms with Gasteiger partial charge in [0.25, 0.3) is 0 Å². The molecule has 0 aliphatic heterocycles. The van der Waals surface area contributed by atoms with E-state index in [1.165, 1.54) is 0 Å². The van der Waals surface area contributed by atoms with E-state index in [0.29, 0.717) is 0 Å². The third-order valence-corrected chi connectivity index (χ3v) is 0.387. The van der Waals surface area contributed by atoms with Crippen LogP contribution in [0.5, 0.6) is 0 Å². The molecule has 0 spiro atoms. The van der Waals surface area contributed by atoms with Gasteiger partial charge >= 0.3 is 0 Å². The monoisotopic (exact) mass is 144 g/mol. The van der Waals surface area contributed by atoms with Crippen LogP contribution in [0.25, 0.3) is 0 Å². The van der Waals surface area contributed by atoms with Gasteiger partial charge in [-0.1, -0.05) is 6.08 Å². The van der Waals surface area contributed by atoms with Crippen LogP contribution in [0.2, 0.25) is 0 Å². The van der Waals surface area contributed by atoms with E-state index in [1.807, 2.05) is 0 Å². The largest absolute Gasteiger partial charge is 0.147 e. The summed E-state index contributed by atoms with van der Waals surface area (Å²) in [7, 11) is 3.80. The highest BCUT2D eigenvalue weighted by Gasteiger charge is 1.47. The minimum absolute atomic E-state index is 0. The summed E-state index contributed by atoms with van der Waals surface area (Å²) in [6.45, 7) is 3.40. The minimum Gasteiger partial charge on any atom is -0.147 e. The molecule has 0 saturated carbocycles. The van der Waals surface area contributed by atoms with Gasteiger partial charge in [0, 0.05) is 0 Å². The molecule has 0 bridgehead atoms. The number of allylic oxidation sites excluding steroid dienone is 1. The van der Waals surface area contributed by atoms with Gasteiger partial charge in [0.1, 0.15) is 0 Å². The Morgan fingerprint density at radius 2 is 1.67 bits per heavy atom. The van der Waals surface area contributed by atoms with Crippen LogP contribution in [0.15, 0.2) is 12.7 Å². The molecule has 38 valence electrons. The lowest BCUT2D eigenvalue weighted by Crippen LogP contribution is -1.43. The van der Waals surface area contributed by atoms with E-state index in [-0.39, 0.29) is 24.8 Å². The van der Waals surface area contributed by atoms with Crippen LogP contribution >= 0.6 is 34.1 Å². The predicted molar refractivity (Wildman–Crippen MR) is 36.5 cm³/mol. The van der Waals surface area contributed by atoms with E-state index < -0.39 is 0 Å². The number of halogens is 2. The molecule has 2 radical (unpaired) electrons. The van der Waals surface area contributed by atoms with Crippen LogP contribution in [0, 0.1) is 0 Å². The zero-order valence-electron chi connectivity index (χ0n) is 3.26. The van der Waals surface area contributed by atoms with Gasteiger partial charge < -0.3 is 0 Å². The summed E-state index contributed by atoms with van der Waals surface area (Å²) in [5.74, 6) is 0. The van der Waals surface area contributed by atoms with Crippen molar-refractivity contribution in [1.29, 1.82) is 0 Å². The zero-order chi connectivity index (χ0) is 3.41. The molecule has 0 nitrogen and oxygen atoms in total. The van der Waals surface area contributed by atoms with Gasteiger partial charge in [-0.2, -0.15) is 0 Å². The van der Waals surface area contributed by atoms with Crippen molar-refractivity contribution in [3.05, 3.63) is 12.7 Å². The molecule has 0 atom stereocenters. The van der Waals surface area contributed by atoms with Crippen molar-refractivity contribution in [2.75, 3.05) is 6.16 Å². The molecule has 0 heterocycles. The minimum atomic E-state index is 0. The van der Waals surface area contributed by atoms with Crippen molar-refractivity contribution in [3.8, 4) is 0 Å². The molecule has 0 aromatic carbocycles. The zero-order valence-corrected chi connectivity index (χ0v) is 5.78. The predicted octanol–water partition coefficient (Wildman–Crippen LogP) is 2.43. The molecule has 0 aromatic rings. The standard InChI is InChI=1S/C3H5P.2ClH/c1-2-3-4;;/h2H,1,3H2;2*1H. The van der Waals surface area contributed by atoms with Gasteiger partial charge in [0.05, 0.1) is 0 Å². The van der Waals surface area contributed by atoms with Crippen LogP contribution in [0.4, 0.5) is 0 Å². The maximum absolute atomic E-state index is 3.80. The Balaban J connectivity index is -0.0000000450. The van der Waals surface area contributed by atoms with Crippen molar-refractivity contribution < 1.29 is 0 Å². The molecular formula is C3H7Cl2P. The summed E-state index contributed by atoms with van der Waals surface area (Å²) < 4.78 is 0. The lowest BCUT2D eigenvalue weighted by atomic mass is 10.8. The van der Waals surface area contributed by atoms with Gasteiger partial charge in [-0.05, 0) is 15.4 Å². The van der Waals surface area contributed by atoms with E-state index in [2.05, 4.69) is 15.8 Å². The first-order chi connectivity index (χ1) is 1.91. The third-order valence-electron chi connectivity index (χ3n) is 0.129. The molecule has 0 unspecified atom stereocenters. The van der Waals surface area contributed by atoms with Crippen molar-refractivity contribution >= 4 is 34.1 Å². The Bertz CT molecular complexity index is 22.8. The SMILES string of the molecule is C=CC[P].Cl.Cl. The van der Waals surface area contributed by atoms with Crippen molar-refractivity contribution in [3.63, 3.8) is 0 Å². The molecule has 0 aliphatic carbocycles. The van der Waals surface area contributed by atoms with Crippen LogP contribution in [0.3, 0.4) is 0 Å². The lowest BCUT2D eigenvalue weighted by Gasteiger charge is -1.56. The van der Waals surface area contributed by atoms with E-state index in [9.17, 15) is 0 Å². The molecule has 0 aliphatic rings. The smallest absolute Gasteiger partial charge is 0.00633 e. The summed E-state index contributed by atoms with van der Waals surface area (Å²) in [6, 6.07) is 0. The van der Waals surface area contributed by atoms with Crippen molar-refractivity contribution in [2.45, 2.75) is 0 Å². The fraction of sp³-hybridized carbons (Fsp3) is 0.333. The number of hydrogen-bond acceptors (Lipinski definition) is 0. The quantitative estimate of drug-likeness (QED) is 0.392. The first-order valence-electron chi connectivity index (χ1n) is 1.13. The van der Waals surface area contributed by atoms with Gasteiger partial charge in [0.15, 0.2) is 0 Å². The first-order valence-corrected chi connectivity index (χ1v) is 1.77. The normalized spacial score (nSPS) is 4.17. The van der Waals surface area contributed by atoms with E-state index in [1.54, 1.807) is 6.08 Å². The second-order valence-electron chi connectivity index (χ2n) is 0.471. The first kappa shape index (κ1) is 15.9. The summed E-state index contributed by atoms with van der Waals surface area (Å²) >= 11 is 0. The maximum atomic E-state index is 3.80. The summed E-state index contributed by atoms with van der Waals surface area (Å²) in [5, 5.41) is 0. The maximum Gasteiger partial charge on any atom is -0.00633 e. The van der Waals surface area contributed by atoms with Crippen molar-refractivity contribution in [1.82, 2.24) is 0 Å². The summed E-state index contributed by atoms with van der Waals surface area (Å²) in [4.78, 5) is 0. The second kappa shape index (κ2) is 17.2. The van der Waals surface area contributed by atoms with Gasteiger partial charge in [-0.15, -0.1) is 31.4 Å². The third kappa shape index (κ3) is 21.8. The Labute approximate surface area is 53.4 Å². The van der Waals surface area contributed by atoms with Gasteiger partial charge in [-0.3, -0.25) is 0 Å². The number of hydrogen-bond donors (Lipinski definition) is 0. The highest BCUT2D eigenvalue weighted by molar-refractivity contribution is 7.16. The topological polar surface area (TPSA) is 0 Å². The van der Waals surface area contributed by atoms with Crippen LogP contribution in [-0.2, 0) is 0 Å². The average molecular weight is 145 g/mol. The highest BCUT2D eigenvalue weighted by atomic mass is 35.5. The molecule has 6 heavy (non-hydrogen) atoms. The lowest BCUT2D eigenvalue weighted by molar-refractivity contribution is 1.83. The molecule has 0 aromatic heterocycles. The average Bonchev–Trinajstić information content (AvgIpc) is 1.37. The fourth-order valence-electron chi connectivity index (χ4n) is 0. The fourth-order valence-corrected chi connectivity index (χ4v) is 0. The summed E-state index contributed by atoms with van der Waals surface area (Å²) in [5.41, 5.74) is 0. The molecule has 3 heteroatoms. The Hall–Kier alpha value is 0.750. The second-order valence-corrected chi connectivity index (χ2v) is 0.836. The Morgan fingerprint density at radius 3 is 1.67 bits per heavy atom. The molecule has 0 rings (SSSR count). The molecule has 0 N–H and O–H groups in total. The summed E-state index contributed by atoms with van der Waals surface area (Å²) in [6.07, 6.45) is 2.52. The molecular weight excluding hydrogens is 138 g/mol. The van der Waals surface area contributed by atoms with Crippen LogP contribution in [-0.4, -0.2) is 6.16 Å². The van der Waals surface area contributed by atoms with Gasteiger partial charge in [0.2, 0.25) is 0 Å². The van der Waals surface area contributed by atoms with E-state index >= 15 is 0 Å². The molecule has 0 fully saturated rings. The van der Waals surface area contributed by atoms with Crippen LogP contribution in [0.1, 0.15) is 0 Å². The van der Waals surface area contributed by atoms with E-state index in [0.717, 1.165) is 6.16 Å². The van der Waals surface area contributed by atoms with Crippen molar-refractivity contribution in [2.24, 2.45) is 0 Å². The van der Waals surface area contributed by atoms with Crippen LogP contribution < -0.4 is 0 Å². The van der Waals surface area contributed by atoms with Gasteiger partial charge in [-0.25, -0.2) is 0 Å². The highest BCUT2D eigenvalue weighted by Crippen LogP contribution is 1.74.